The first-order valence-electron chi connectivity index (χ1n) is 8.85. The molecule has 0 aromatic heterocycles. The van der Waals surface area contributed by atoms with Crippen molar-refractivity contribution in [1.82, 2.24) is 5.32 Å². The summed E-state index contributed by atoms with van der Waals surface area (Å²) in [4.78, 5) is 12.2. The van der Waals surface area contributed by atoms with E-state index in [4.69, 9.17) is 0 Å². The molecule has 2 nitrogen and oxygen atoms in total. The van der Waals surface area contributed by atoms with Crippen molar-refractivity contribution < 1.29 is 13.6 Å². The van der Waals surface area contributed by atoms with Crippen LogP contribution in [0.5, 0.6) is 0 Å². The molecule has 1 fully saturated rings. The first kappa shape index (κ1) is 17.6. The maximum Gasteiger partial charge on any atom is 0.220 e. The minimum absolute atomic E-state index is 0.00102. The van der Waals surface area contributed by atoms with E-state index in [9.17, 15) is 13.6 Å². The number of amides is 1. The quantitative estimate of drug-likeness (QED) is 0.820. The smallest absolute Gasteiger partial charge is 0.220 e. The molecule has 0 atom stereocenters. The molecule has 1 aliphatic carbocycles. The maximum absolute atomic E-state index is 13.6. The number of nitrogens with one attached hydrogen (secondary N) is 1. The molecule has 1 amide bonds. The van der Waals surface area contributed by atoms with Crippen LogP contribution in [0.2, 0.25) is 0 Å². The SMILES string of the molecule is O=C(CCc1cc(F)ccc1F)NCC1(c2ccccc2)CCCC1. The van der Waals surface area contributed by atoms with Crippen LogP contribution in [-0.2, 0) is 16.6 Å². The molecule has 0 bridgehead atoms. The monoisotopic (exact) mass is 343 g/mol. The van der Waals surface area contributed by atoms with E-state index in [0.717, 1.165) is 31.0 Å². The van der Waals surface area contributed by atoms with Crippen molar-refractivity contribution >= 4 is 5.91 Å². The van der Waals surface area contributed by atoms with E-state index >= 15 is 0 Å². The van der Waals surface area contributed by atoms with Gasteiger partial charge in [0.05, 0.1) is 0 Å². The van der Waals surface area contributed by atoms with E-state index in [1.165, 1.54) is 18.4 Å². The Balaban J connectivity index is 1.58. The second kappa shape index (κ2) is 7.77. The topological polar surface area (TPSA) is 29.1 Å². The number of hydrogen-bond acceptors (Lipinski definition) is 1. The van der Waals surface area contributed by atoms with E-state index in [2.05, 4.69) is 17.4 Å². The van der Waals surface area contributed by atoms with Gasteiger partial charge in [-0.2, -0.15) is 0 Å². The molecule has 0 spiro atoms. The van der Waals surface area contributed by atoms with Crippen molar-refractivity contribution in [2.45, 2.75) is 43.9 Å². The number of carbonyl (C=O) groups excluding carboxylic acids is 1. The predicted octanol–water partition coefficient (Wildman–Crippen LogP) is 4.53. The van der Waals surface area contributed by atoms with Crippen molar-refractivity contribution in [3.63, 3.8) is 0 Å². The van der Waals surface area contributed by atoms with E-state index in [0.29, 0.717) is 6.54 Å². The van der Waals surface area contributed by atoms with Gasteiger partial charge in [0.15, 0.2) is 0 Å². The van der Waals surface area contributed by atoms with Crippen molar-refractivity contribution in [1.29, 1.82) is 0 Å². The molecule has 25 heavy (non-hydrogen) atoms. The Hall–Kier alpha value is -2.23. The molecule has 2 aromatic carbocycles. The van der Waals surface area contributed by atoms with Crippen LogP contribution in [0, 0.1) is 11.6 Å². The largest absolute Gasteiger partial charge is 0.355 e. The summed E-state index contributed by atoms with van der Waals surface area (Å²) in [6.45, 7) is 0.599. The number of halogens is 2. The zero-order chi connectivity index (χ0) is 17.7. The molecule has 3 rings (SSSR count). The fourth-order valence-electron chi connectivity index (χ4n) is 3.75. The van der Waals surface area contributed by atoms with Crippen LogP contribution in [0.25, 0.3) is 0 Å². The Labute approximate surface area is 147 Å². The summed E-state index contributed by atoms with van der Waals surface area (Å²) in [5.41, 5.74) is 1.51. The van der Waals surface area contributed by atoms with Crippen LogP contribution in [-0.4, -0.2) is 12.5 Å². The van der Waals surface area contributed by atoms with E-state index in [-0.39, 0.29) is 29.7 Å². The van der Waals surface area contributed by atoms with Crippen molar-refractivity contribution in [3.8, 4) is 0 Å². The number of rotatable bonds is 6. The van der Waals surface area contributed by atoms with Crippen LogP contribution in [0.1, 0.15) is 43.2 Å². The fraction of sp³-hybridized carbons (Fsp3) is 0.381. The van der Waals surface area contributed by atoms with Gasteiger partial charge in [-0.1, -0.05) is 43.2 Å². The summed E-state index contributed by atoms with van der Waals surface area (Å²) in [6, 6.07) is 13.7. The molecular weight excluding hydrogens is 320 g/mol. The lowest BCUT2D eigenvalue weighted by Crippen LogP contribution is -2.39. The zero-order valence-electron chi connectivity index (χ0n) is 14.2. The van der Waals surface area contributed by atoms with Gasteiger partial charge in [-0.25, -0.2) is 8.78 Å². The summed E-state index contributed by atoms with van der Waals surface area (Å²) in [5, 5.41) is 3.01. The third kappa shape index (κ3) is 4.25. The lowest BCUT2D eigenvalue weighted by Gasteiger charge is -2.30. The summed E-state index contributed by atoms with van der Waals surface area (Å²) in [6.07, 6.45) is 4.82. The van der Waals surface area contributed by atoms with Crippen LogP contribution >= 0.6 is 0 Å². The normalized spacial score (nSPS) is 15.9. The zero-order valence-corrected chi connectivity index (χ0v) is 14.2. The van der Waals surface area contributed by atoms with Gasteiger partial charge >= 0.3 is 0 Å². The molecule has 132 valence electrons. The van der Waals surface area contributed by atoms with Crippen molar-refractivity contribution in [3.05, 3.63) is 71.3 Å². The lowest BCUT2D eigenvalue weighted by molar-refractivity contribution is -0.121. The Morgan fingerprint density at radius 2 is 1.76 bits per heavy atom. The molecule has 2 aromatic rings. The van der Waals surface area contributed by atoms with E-state index in [1.807, 2.05) is 18.2 Å². The Morgan fingerprint density at radius 1 is 1.04 bits per heavy atom. The van der Waals surface area contributed by atoms with Gasteiger partial charge in [0.25, 0.3) is 0 Å². The summed E-state index contributed by atoms with van der Waals surface area (Å²) < 4.78 is 26.8. The average Bonchev–Trinajstić information content (AvgIpc) is 3.12. The number of benzene rings is 2. The number of carbonyl (C=O) groups is 1. The number of hydrogen-bond donors (Lipinski definition) is 1. The first-order valence-corrected chi connectivity index (χ1v) is 8.85. The Morgan fingerprint density at radius 3 is 2.48 bits per heavy atom. The van der Waals surface area contributed by atoms with Gasteiger partial charge in [-0.05, 0) is 48.6 Å². The molecule has 0 radical (unpaired) electrons. The summed E-state index contributed by atoms with van der Waals surface area (Å²) in [7, 11) is 0. The average molecular weight is 343 g/mol. The molecule has 1 aliphatic rings. The molecule has 0 saturated heterocycles. The highest BCUT2D eigenvalue weighted by molar-refractivity contribution is 5.76. The van der Waals surface area contributed by atoms with Gasteiger partial charge in [0.2, 0.25) is 5.91 Å². The minimum atomic E-state index is -0.481. The standard InChI is InChI=1S/C21H23F2NO/c22-18-9-10-19(23)16(14-18)8-11-20(25)24-15-21(12-4-5-13-21)17-6-2-1-3-7-17/h1-3,6-7,9-10,14H,4-5,8,11-13,15H2,(H,24,25). The Bertz CT molecular complexity index is 724. The third-order valence-corrected chi connectivity index (χ3v) is 5.20. The van der Waals surface area contributed by atoms with E-state index in [1.54, 1.807) is 0 Å². The van der Waals surface area contributed by atoms with Gasteiger partial charge < -0.3 is 5.32 Å². The van der Waals surface area contributed by atoms with Gasteiger partial charge in [-0.15, -0.1) is 0 Å². The summed E-state index contributed by atoms with van der Waals surface area (Å²) >= 11 is 0. The van der Waals surface area contributed by atoms with Gasteiger partial charge in [0.1, 0.15) is 11.6 Å². The van der Waals surface area contributed by atoms with Crippen molar-refractivity contribution in [2.75, 3.05) is 6.54 Å². The molecule has 4 heteroatoms. The van der Waals surface area contributed by atoms with E-state index < -0.39 is 11.6 Å². The highest BCUT2D eigenvalue weighted by Crippen LogP contribution is 2.40. The summed E-state index contributed by atoms with van der Waals surface area (Å²) in [5.74, 6) is -1.07. The van der Waals surface area contributed by atoms with Gasteiger partial charge in [-0.3, -0.25) is 4.79 Å². The molecule has 0 heterocycles. The highest BCUT2D eigenvalue weighted by atomic mass is 19.1. The first-order chi connectivity index (χ1) is 12.1. The lowest BCUT2D eigenvalue weighted by atomic mass is 9.79. The van der Waals surface area contributed by atoms with Crippen LogP contribution in [0.4, 0.5) is 8.78 Å². The molecule has 1 N–H and O–H groups in total. The van der Waals surface area contributed by atoms with Crippen LogP contribution in [0.15, 0.2) is 48.5 Å². The molecular formula is C21H23F2NO. The number of aryl methyl sites for hydroxylation is 1. The Kier molecular flexibility index (Phi) is 5.47. The van der Waals surface area contributed by atoms with Crippen LogP contribution in [0.3, 0.4) is 0 Å². The molecule has 1 saturated carbocycles. The molecule has 0 unspecified atom stereocenters. The fourth-order valence-corrected chi connectivity index (χ4v) is 3.75. The second-order valence-corrected chi connectivity index (χ2v) is 6.87. The third-order valence-electron chi connectivity index (χ3n) is 5.20. The van der Waals surface area contributed by atoms with Crippen LogP contribution < -0.4 is 5.32 Å². The predicted molar refractivity (Wildman–Crippen MR) is 94.3 cm³/mol. The van der Waals surface area contributed by atoms with Crippen molar-refractivity contribution in [2.24, 2.45) is 0 Å². The van der Waals surface area contributed by atoms with Gasteiger partial charge in [0, 0.05) is 18.4 Å². The maximum atomic E-state index is 13.6. The molecule has 0 aliphatic heterocycles. The minimum Gasteiger partial charge on any atom is -0.355 e. The second-order valence-electron chi connectivity index (χ2n) is 6.87. The highest BCUT2D eigenvalue weighted by Gasteiger charge is 2.35.